The minimum Gasteiger partial charge on any atom is -0.467 e. The minimum atomic E-state index is -4.94. The van der Waals surface area contributed by atoms with Gasteiger partial charge in [0.15, 0.2) is 0 Å². The van der Waals surface area contributed by atoms with E-state index in [-0.39, 0.29) is 4.88 Å². The summed E-state index contributed by atoms with van der Waals surface area (Å²) >= 11 is 0.503. The number of Topliss-reactive ketones (excluding diaryl/α,β-unsaturated/α-hetero) is 1. The van der Waals surface area contributed by atoms with Crippen molar-refractivity contribution in [2.24, 2.45) is 0 Å². The number of nitrogens with one attached hydrogen (secondary N) is 1. The van der Waals surface area contributed by atoms with E-state index in [4.69, 9.17) is 4.42 Å². The van der Waals surface area contributed by atoms with Crippen LogP contribution in [0.5, 0.6) is 0 Å². The molecule has 8 heteroatoms. The standard InChI is InChI=1S/C13H10F3NO3S/c1-7(8-3-2-6-20-8)17-12(19)10-5-4-9(21-10)11(18)13(14,15)16/h2-7H,1H3,(H,17,19). The second-order valence-electron chi connectivity index (χ2n) is 4.20. The zero-order chi connectivity index (χ0) is 15.6. The van der Waals surface area contributed by atoms with Gasteiger partial charge in [0.05, 0.1) is 22.1 Å². The number of alkyl halides is 3. The van der Waals surface area contributed by atoms with Gasteiger partial charge in [-0.05, 0) is 31.2 Å². The van der Waals surface area contributed by atoms with Crippen molar-refractivity contribution in [3.8, 4) is 0 Å². The van der Waals surface area contributed by atoms with Crippen LogP contribution in [0.15, 0.2) is 34.9 Å². The summed E-state index contributed by atoms with van der Waals surface area (Å²) in [6, 6.07) is 5.07. The highest BCUT2D eigenvalue weighted by molar-refractivity contribution is 7.16. The molecule has 112 valence electrons. The van der Waals surface area contributed by atoms with Gasteiger partial charge in [0.25, 0.3) is 11.7 Å². The van der Waals surface area contributed by atoms with Crippen LogP contribution in [0.25, 0.3) is 0 Å². The molecule has 2 rings (SSSR count). The van der Waals surface area contributed by atoms with Gasteiger partial charge in [0.2, 0.25) is 0 Å². The predicted octanol–water partition coefficient (Wildman–Crippen LogP) is 3.58. The number of carbonyl (C=O) groups is 2. The van der Waals surface area contributed by atoms with Gasteiger partial charge in [-0.3, -0.25) is 9.59 Å². The molecule has 0 saturated heterocycles. The van der Waals surface area contributed by atoms with Gasteiger partial charge in [-0.2, -0.15) is 13.2 Å². The van der Waals surface area contributed by atoms with Crippen LogP contribution in [0.2, 0.25) is 0 Å². The van der Waals surface area contributed by atoms with Gasteiger partial charge >= 0.3 is 6.18 Å². The van der Waals surface area contributed by atoms with Crippen LogP contribution >= 0.6 is 11.3 Å². The monoisotopic (exact) mass is 317 g/mol. The van der Waals surface area contributed by atoms with E-state index in [9.17, 15) is 22.8 Å². The second kappa shape index (κ2) is 5.72. The van der Waals surface area contributed by atoms with E-state index >= 15 is 0 Å². The zero-order valence-electron chi connectivity index (χ0n) is 10.7. The Labute approximate surface area is 121 Å². The average molecular weight is 317 g/mol. The van der Waals surface area contributed by atoms with Crippen LogP contribution in [0.3, 0.4) is 0 Å². The second-order valence-corrected chi connectivity index (χ2v) is 5.29. The number of carbonyl (C=O) groups excluding carboxylic acids is 2. The molecule has 1 amide bonds. The number of amides is 1. The van der Waals surface area contributed by atoms with Gasteiger partial charge in [-0.15, -0.1) is 11.3 Å². The number of hydrogen-bond acceptors (Lipinski definition) is 4. The van der Waals surface area contributed by atoms with Crippen LogP contribution in [0.4, 0.5) is 13.2 Å². The molecule has 4 nitrogen and oxygen atoms in total. The largest absolute Gasteiger partial charge is 0.467 e. The van der Waals surface area contributed by atoms with Gasteiger partial charge < -0.3 is 9.73 Å². The van der Waals surface area contributed by atoms with Crippen molar-refractivity contribution < 1.29 is 27.2 Å². The summed E-state index contributed by atoms with van der Waals surface area (Å²) in [4.78, 5) is 22.5. The summed E-state index contributed by atoms with van der Waals surface area (Å²) in [5, 5.41) is 2.57. The molecule has 1 unspecified atom stereocenters. The molecular formula is C13H10F3NO3S. The maximum Gasteiger partial charge on any atom is 0.455 e. The van der Waals surface area contributed by atoms with Crippen molar-refractivity contribution in [2.75, 3.05) is 0 Å². The lowest BCUT2D eigenvalue weighted by Gasteiger charge is -2.10. The molecule has 21 heavy (non-hydrogen) atoms. The SMILES string of the molecule is CC(NC(=O)c1ccc(C(=O)C(F)(F)F)s1)c1ccco1. The third kappa shape index (κ3) is 3.52. The number of ketones is 1. The molecule has 1 N–H and O–H groups in total. The Bertz CT molecular complexity index is 646. The maximum atomic E-state index is 12.3. The van der Waals surface area contributed by atoms with Gasteiger partial charge in [0, 0.05) is 0 Å². The zero-order valence-corrected chi connectivity index (χ0v) is 11.5. The topological polar surface area (TPSA) is 59.3 Å². The van der Waals surface area contributed by atoms with E-state index in [0.717, 1.165) is 6.07 Å². The normalized spacial score (nSPS) is 13.0. The first kappa shape index (κ1) is 15.3. The summed E-state index contributed by atoms with van der Waals surface area (Å²) in [5.41, 5.74) is 0. The van der Waals surface area contributed by atoms with Crippen molar-refractivity contribution >= 4 is 23.0 Å². The number of rotatable bonds is 4. The van der Waals surface area contributed by atoms with Crippen LogP contribution < -0.4 is 5.32 Å². The van der Waals surface area contributed by atoms with E-state index in [1.807, 2.05) is 0 Å². The van der Waals surface area contributed by atoms with Crippen molar-refractivity contribution in [3.63, 3.8) is 0 Å². The molecule has 0 spiro atoms. The number of furan rings is 1. The van der Waals surface area contributed by atoms with Crippen LogP contribution in [-0.2, 0) is 0 Å². The van der Waals surface area contributed by atoms with E-state index in [1.165, 1.54) is 12.3 Å². The van der Waals surface area contributed by atoms with Crippen LogP contribution in [-0.4, -0.2) is 17.9 Å². The Morgan fingerprint density at radius 1 is 1.24 bits per heavy atom. The Hall–Kier alpha value is -2.09. The fourth-order valence-electron chi connectivity index (χ4n) is 1.60. The minimum absolute atomic E-state index is 0.0287. The van der Waals surface area contributed by atoms with Crippen molar-refractivity contribution in [2.45, 2.75) is 19.1 Å². The maximum absolute atomic E-state index is 12.3. The van der Waals surface area contributed by atoms with Crippen LogP contribution in [0.1, 0.15) is 38.1 Å². The molecule has 2 aromatic heterocycles. The third-order valence-corrected chi connectivity index (χ3v) is 3.71. The highest BCUT2D eigenvalue weighted by Crippen LogP contribution is 2.26. The Morgan fingerprint density at radius 3 is 2.48 bits per heavy atom. The molecule has 0 aliphatic carbocycles. The number of thiophene rings is 1. The lowest BCUT2D eigenvalue weighted by Crippen LogP contribution is -2.25. The summed E-state index contributed by atoms with van der Waals surface area (Å²) < 4.78 is 42.0. The summed E-state index contributed by atoms with van der Waals surface area (Å²) in [6.45, 7) is 1.67. The molecule has 0 radical (unpaired) electrons. The van der Waals surface area contributed by atoms with Gasteiger partial charge in [-0.25, -0.2) is 0 Å². The van der Waals surface area contributed by atoms with Gasteiger partial charge in [0.1, 0.15) is 5.76 Å². The Kier molecular flexibility index (Phi) is 4.17. The molecule has 0 aromatic carbocycles. The fourth-order valence-corrected chi connectivity index (χ4v) is 2.47. The van der Waals surface area contributed by atoms with E-state index < -0.39 is 28.8 Å². The molecule has 2 aromatic rings. The average Bonchev–Trinajstić information content (AvgIpc) is 3.08. The third-order valence-electron chi connectivity index (χ3n) is 2.63. The quantitative estimate of drug-likeness (QED) is 0.877. The summed E-state index contributed by atoms with van der Waals surface area (Å²) in [7, 11) is 0. The Morgan fingerprint density at radius 2 is 1.90 bits per heavy atom. The molecule has 1 atom stereocenters. The van der Waals surface area contributed by atoms with Crippen molar-refractivity contribution in [1.82, 2.24) is 5.32 Å². The van der Waals surface area contributed by atoms with Crippen LogP contribution in [0, 0.1) is 0 Å². The molecular weight excluding hydrogens is 307 g/mol. The first-order valence-electron chi connectivity index (χ1n) is 5.84. The lowest BCUT2D eigenvalue weighted by molar-refractivity contribution is -0.0882. The molecule has 2 heterocycles. The molecule has 0 aliphatic rings. The van der Waals surface area contributed by atoms with E-state index in [2.05, 4.69) is 5.32 Å². The van der Waals surface area contributed by atoms with E-state index in [1.54, 1.807) is 19.1 Å². The highest BCUT2D eigenvalue weighted by atomic mass is 32.1. The molecule has 0 aliphatic heterocycles. The van der Waals surface area contributed by atoms with Crippen molar-refractivity contribution in [1.29, 1.82) is 0 Å². The summed E-state index contributed by atoms with van der Waals surface area (Å²) in [5.74, 6) is -2.00. The highest BCUT2D eigenvalue weighted by Gasteiger charge is 2.40. The lowest BCUT2D eigenvalue weighted by atomic mass is 10.2. The number of halogens is 3. The van der Waals surface area contributed by atoms with Crippen molar-refractivity contribution in [3.05, 3.63) is 46.0 Å². The Balaban J connectivity index is 2.07. The van der Waals surface area contributed by atoms with Gasteiger partial charge in [-0.1, -0.05) is 0 Å². The predicted molar refractivity (Wildman–Crippen MR) is 69.3 cm³/mol. The molecule has 0 saturated carbocycles. The fraction of sp³-hybridized carbons (Fsp3) is 0.231. The molecule has 0 bridgehead atoms. The first-order chi connectivity index (χ1) is 9.79. The first-order valence-corrected chi connectivity index (χ1v) is 6.66. The van der Waals surface area contributed by atoms with E-state index in [0.29, 0.717) is 17.1 Å². The smallest absolute Gasteiger partial charge is 0.455 e. The number of hydrogen-bond donors (Lipinski definition) is 1. The molecule has 0 fully saturated rings. The summed E-state index contributed by atoms with van der Waals surface area (Å²) in [6.07, 6.45) is -3.50.